The fourth-order valence-corrected chi connectivity index (χ4v) is 3.58. The second kappa shape index (κ2) is 8.07. The van der Waals surface area contributed by atoms with Gasteiger partial charge < -0.3 is 19.5 Å². The van der Waals surface area contributed by atoms with Gasteiger partial charge in [-0.2, -0.15) is 13.2 Å². The van der Waals surface area contributed by atoms with Crippen LogP contribution in [0.15, 0.2) is 57.7 Å². The van der Waals surface area contributed by atoms with Crippen LogP contribution in [-0.2, 0) is 6.18 Å². The number of carbonyl (C=O) groups excluding carboxylic acids is 1. The number of para-hydroxylation sites is 1. The van der Waals surface area contributed by atoms with Crippen LogP contribution in [-0.4, -0.2) is 44.0 Å². The molecule has 4 rings (SSSR count). The predicted octanol–water partition coefficient (Wildman–Crippen LogP) is 3.82. The number of amides is 1. The zero-order chi connectivity index (χ0) is 22.2. The van der Waals surface area contributed by atoms with Gasteiger partial charge in [-0.05, 0) is 37.4 Å². The molecule has 31 heavy (non-hydrogen) atoms. The fraction of sp³-hybridized carbons (Fsp3) is 0.273. The van der Waals surface area contributed by atoms with Crippen molar-refractivity contribution in [1.29, 1.82) is 0 Å². The van der Waals surface area contributed by atoms with Crippen LogP contribution in [0.1, 0.15) is 15.9 Å². The van der Waals surface area contributed by atoms with E-state index in [-0.39, 0.29) is 16.9 Å². The Morgan fingerprint density at radius 2 is 1.74 bits per heavy atom. The van der Waals surface area contributed by atoms with E-state index < -0.39 is 23.3 Å². The van der Waals surface area contributed by atoms with Gasteiger partial charge in [0.1, 0.15) is 11.1 Å². The quantitative estimate of drug-likeness (QED) is 0.639. The Morgan fingerprint density at radius 1 is 1.03 bits per heavy atom. The molecule has 1 aliphatic rings. The molecule has 3 aromatic rings. The van der Waals surface area contributed by atoms with Crippen molar-refractivity contribution >= 4 is 28.3 Å². The maximum atomic E-state index is 13.7. The smallest absolute Gasteiger partial charge is 0.418 e. The number of likely N-dealkylation sites (N-methyl/N-ethyl adjacent to an activating group) is 1. The van der Waals surface area contributed by atoms with Crippen molar-refractivity contribution in [3.05, 3.63) is 70.1 Å². The Balaban J connectivity index is 1.64. The van der Waals surface area contributed by atoms with Crippen LogP contribution in [0, 0.1) is 0 Å². The first-order chi connectivity index (χ1) is 14.7. The van der Waals surface area contributed by atoms with Gasteiger partial charge in [0.15, 0.2) is 0 Å². The first-order valence-corrected chi connectivity index (χ1v) is 9.71. The summed E-state index contributed by atoms with van der Waals surface area (Å²) in [5.41, 5.74) is -1.64. The molecule has 1 N–H and O–H groups in total. The summed E-state index contributed by atoms with van der Waals surface area (Å²) in [6, 6.07) is 11.7. The van der Waals surface area contributed by atoms with Gasteiger partial charge >= 0.3 is 11.8 Å². The van der Waals surface area contributed by atoms with Gasteiger partial charge in [-0.3, -0.25) is 4.79 Å². The molecule has 162 valence electrons. The maximum Gasteiger partial charge on any atom is 0.418 e. The molecule has 9 heteroatoms. The Labute approximate surface area is 175 Å². The number of halogens is 3. The molecule has 0 radical (unpaired) electrons. The van der Waals surface area contributed by atoms with E-state index in [1.807, 2.05) is 11.9 Å². The SMILES string of the molecule is CN1CCN(c2ccc(NC(=O)c3cc4ccccc4oc3=O)cc2C(F)(F)F)CC1. The van der Waals surface area contributed by atoms with Crippen molar-refractivity contribution in [2.75, 3.05) is 43.4 Å². The number of benzene rings is 2. The maximum absolute atomic E-state index is 13.7. The lowest BCUT2D eigenvalue weighted by molar-refractivity contribution is -0.137. The number of alkyl halides is 3. The minimum absolute atomic E-state index is 0.0530. The van der Waals surface area contributed by atoms with E-state index in [0.29, 0.717) is 37.1 Å². The highest BCUT2D eigenvalue weighted by Gasteiger charge is 2.36. The highest BCUT2D eigenvalue weighted by atomic mass is 19.4. The van der Waals surface area contributed by atoms with E-state index >= 15 is 0 Å². The Hall–Kier alpha value is -3.33. The van der Waals surface area contributed by atoms with Crippen molar-refractivity contribution in [3.63, 3.8) is 0 Å². The van der Waals surface area contributed by atoms with E-state index in [1.165, 1.54) is 18.2 Å². The number of anilines is 2. The summed E-state index contributed by atoms with van der Waals surface area (Å²) >= 11 is 0. The first-order valence-electron chi connectivity index (χ1n) is 9.71. The molecule has 2 heterocycles. The molecule has 0 aliphatic carbocycles. The highest BCUT2D eigenvalue weighted by molar-refractivity contribution is 6.05. The molecule has 0 atom stereocenters. The lowest BCUT2D eigenvalue weighted by Gasteiger charge is -2.35. The lowest BCUT2D eigenvalue weighted by Crippen LogP contribution is -2.45. The summed E-state index contributed by atoms with van der Waals surface area (Å²) < 4.78 is 46.4. The number of carbonyl (C=O) groups is 1. The average Bonchev–Trinajstić information content (AvgIpc) is 2.73. The summed E-state index contributed by atoms with van der Waals surface area (Å²) in [4.78, 5) is 28.5. The third kappa shape index (κ3) is 4.41. The number of hydrogen-bond donors (Lipinski definition) is 1. The topological polar surface area (TPSA) is 65.8 Å². The molecule has 0 saturated carbocycles. The third-order valence-corrected chi connectivity index (χ3v) is 5.29. The summed E-state index contributed by atoms with van der Waals surface area (Å²) in [5, 5.41) is 2.92. The molecule has 0 bridgehead atoms. The van der Waals surface area contributed by atoms with Crippen molar-refractivity contribution in [2.45, 2.75) is 6.18 Å². The minimum Gasteiger partial charge on any atom is -0.422 e. The van der Waals surface area contributed by atoms with Crippen molar-refractivity contribution < 1.29 is 22.4 Å². The summed E-state index contributed by atoms with van der Waals surface area (Å²) in [5.74, 6) is -0.833. The van der Waals surface area contributed by atoms with Crippen LogP contribution >= 0.6 is 0 Å². The van der Waals surface area contributed by atoms with Crippen LogP contribution in [0.5, 0.6) is 0 Å². The average molecular weight is 431 g/mol. The van der Waals surface area contributed by atoms with E-state index in [4.69, 9.17) is 4.42 Å². The minimum atomic E-state index is -4.60. The normalized spacial score (nSPS) is 15.3. The second-order valence-electron chi connectivity index (χ2n) is 7.46. The molecule has 2 aromatic carbocycles. The summed E-state index contributed by atoms with van der Waals surface area (Å²) in [7, 11) is 1.92. The fourth-order valence-electron chi connectivity index (χ4n) is 3.58. The Bertz CT molecular complexity index is 1180. The van der Waals surface area contributed by atoms with Gasteiger partial charge in [0.2, 0.25) is 0 Å². The number of fused-ring (bicyclic) bond motifs is 1. The van der Waals surface area contributed by atoms with E-state index in [9.17, 15) is 22.8 Å². The largest absolute Gasteiger partial charge is 0.422 e. The molecule has 1 saturated heterocycles. The predicted molar refractivity (Wildman–Crippen MR) is 112 cm³/mol. The number of nitrogens with one attached hydrogen (secondary N) is 1. The highest BCUT2D eigenvalue weighted by Crippen LogP contribution is 2.38. The van der Waals surface area contributed by atoms with Crippen LogP contribution in [0.4, 0.5) is 24.5 Å². The van der Waals surface area contributed by atoms with Gasteiger partial charge in [-0.25, -0.2) is 4.79 Å². The van der Waals surface area contributed by atoms with Gasteiger partial charge in [0.25, 0.3) is 5.91 Å². The molecule has 1 amide bonds. The molecule has 1 aliphatic heterocycles. The zero-order valence-electron chi connectivity index (χ0n) is 16.7. The third-order valence-electron chi connectivity index (χ3n) is 5.29. The molecule has 0 unspecified atom stereocenters. The number of nitrogens with zero attached hydrogens (tertiary/aromatic N) is 2. The molecular formula is C22H20F3N3O3. The van der Waals surface area contributed by atoms with Crippen molar-refractivity contribution in [2.24, 2.45) is 0 Å². The van der Waals surface area contributed by atoms with Crippen LogP contribution in [0.3, 0.4) is 0 Å². The first kappa shape index (κ1) is 20.9. The van der Waals surface area contributed by atoms with E-state index in [1.54, 1.807) is 29.2 Å². The van der Waals surface area contributed by atoms with Crippen molar-refractivity contribution in [3.8, 4) is 0 Å². The summed E-state index contributed by atoms with van der Waals surface area (Å²) in [6.45, 7) is 2.27. The monoisotopic (exact) mass is 431 g/mol. The zero-order valence-corrected chi connectivity index (χ0v) is 16.7. The van der Waals surface area contributed by atoms with Gasteiger partial charge in [0.05, 0.1) is 5.56 Å². The standard InChI is InChI=1S/C22H20F3N3O3/c1-27-8-10-28(11-9-27)18-7-6-15(13-17(18)22(23,24)25)26-20(29)16-12-14-4-2-3-5-19(14)31-21(16)30/h2-7,12-13H,8-11H2,1H3,(H,26,29). The Morgan fingerprint density at radius 3 is 2.45 bits per heavy atom. The Kier molecular flexibility index (Phi) is 5.45. The molecule has 6 nitrogen and oxygen atoms in total. The summed E-state index contributed by atoms with van der Waals surface area (Å²) in [6.07, 6.45) is -4.60. The lowest BCUT2D eigenvalue weighted by atomic mass is 10.1. The number of hydrogen-bond acceptors (Lipinski definition) is 5. The number of piperazine rings is 1. The molecule has 0 spiro atoms. The van der Waals surface area contributed by atoms with Gasteiger partial charge in [0, 0.05) is 42.9 Å². The molecular weight excluding hydrogens is 411 g/mol. The molecule has 1 fully saturated rings. The van der Waals surface area contributed by atoms with Crippen molar-refractivity contribution in [1.82, 2.24) is 4.90 Å². The van der Waals surface area contributed by atoms with Crippen LogP contribution in [0.25, 0.3) is 11.0 Å². The molecule has 1 aromatic heterocycles. The van der Waals surface area contributed by atoms with Gasteiger partial charge in [-0.15, -0.1) is 0 Å². The second-order valence-corrected chi connectivity index (χ2v) is 7.46. The number of rotatable bonds is 3. The van der Waals surface area contributed by atoms with E-state index in [2.05, 4.69) is 5.32 Å². The van der Waals surface area contributed by atoms with Crippen LogP contribution in [0.2, 0.25) is 0 Å². The van der Waals surface area contributed by atoms with E-state index in [0.717, 1.165) is 6.07 Å². The van der Waals surface area contributed by atoms with Gasteiger partial charge in [-0.1, -0.05) is 18.2 Å². The van der Waals surface area contributed by atoms with Crippen LogP contribution < -0.4 is 15.8 Å².